The molecule has 0 aliphatic carbocycles. The summed E-state index contributed by atoms with van der Waals surface area (Å²) in [5.74, 6) is -1.56. The lowest BCUT2D eigenvalue weighted by Gasteiger charge is -2.29. The molecule has 110 valence electrons. The molecule has 2 aromatic carbocycles. The van der Waals surface area contributed by atoms with E-state index in [4.69, 9.17) is 5.11 Å². The number of fused-ring (bicyclic) bond motifs is 1. The van der Waals surface area contributed by atoms with Crippen LogP contribution in [0.15, 0.2) is 42.5 Å². The molecule has 0 saturated carbocycles. The van der Waals surface area contributed by atoms with Crippen molar-refractivity contribution < 1.29 is 18.3 Å². The first-order chi connectivity index (χ1) is 9.94. The second-order valence-electron chi connectivity index (χ2n) is 5.29. The van der Waals surface area contributed by atoms with E-state index >= 15 is 0 Å². The highest BCUT2D eigenvalue weighted by Crippen LogP contribution is 2.24. The summed E-state index contributed by atoms with van der Waals surface area (Å²) >= 11 is 0. The van der Waals surface area contributed by atoms with Gasteiger partial charge in [-0.15, -0.1) is 0 Å². The van der Waals surface area contributed by atoms with Gasteiger partial charge in [0.2, 0.25) is 0 Å². The van der Waals surface area contributed by atoms with Crippen LogP contribution in [0.1, 0.15) is 11.6 Å². The average molecular weight is 305 g/mol. The third-order valence-corrected chi connectivity index (χ3v) is 5.40. The summed E-state index contributed by atoms with van der Waals surface area (Å²) in [5.41, 5.74) is 0.795. The predicted molar refractivity (Wildman–Crippen MR) is 79.9 cm³/mol. The van der Waals surface area contributed by atoms with E-state index < -0.39 is 27.9 Å². The monoisotopic (exact) mass is 305 g/mol. The second-order valence-corrected chi connectivity index (χ2v) is 7.45. The molecule has 1 heterocycles. The van der Waals surface area contributed by atoms with Crippen molar-refractivity contribution in [3.8, 4) is 0 Å². The standard InChI is InChI=1S/C15H15NO4S/c17-15(18)14-9-21(19,20)8-13(16-14)12-6-5-10-3-1-2-4-11(10)7-12/h1-7,13-14,16H,8-9H2,(H,17,18). The summed E-state index contributed by atoms with van der Waals surface area (Å²) in [6, 6.07) is 11.9. The lowest BCUT2D eigenvalue weighted by atomic mass is 10.0. The number of sulfone groups is 1. The van der Waals surface area contributed by atoms with Gasteiger partial charge in [-0.2, -0.15) is 0 Å². The molecule has 0 radical (unpaired) electrons. The molecule has 0 amide bonds. The molecule has 0 aromatic heterocycles. The van der Waals surface area contributed by atoms with E-state index in [1.54, 1.807) is 0 Å². The third-order valence-electron chi connectivity index (χ3n) is 3.72. The molecule has 1 saturated heterocycles. The van der Waals surface area contributed by atoms with Crippen molar-refractivity contribution in [1.82, 2.24) is 5.32 Å². The minimum atomic E-state index is -3.37. The number of carboxylic acid groups (broad SMARTS) is 1. The van der Waals surface area contributed by atoms with Crippen LogP contribution in [-0.2, 0) is 14.6 Å². The van der Waals surface area contributed by atoms with Crippen molar-refractivity contribution in [1.29, 1.82) is 0 Å². The highest BCUT2D eigenvalue weighted by molar-refractivity contribution is 7.91. The van der Waals surface area contributed by atoms with E-state index in [1.807, 2.05) is 42.5 Å². The molecule has 3 rings (SSSR count). The Morgan fingerprint density at radius 1 is 1.10 bits per heavy atom. The highest BCUT2D eigenvalue weighted by Gasteiger charge is 2.35. The zero-order valence-electron chi connectivity index (χ0n) is 11.2. The van der Waals surface area contributed by atoms with Gasteiger partial charge in [-0.25, -0.2) is 8.42 Å². The molecule has 0 spiro atoms. The molecule has 1 aliphatic heterocycles. The van der Waals surface area contributed by atoms with E-state index in [1.165, 1.54) is 0 Å². The number of benzene rings is 2. The van der Waals surface area contributed by atoms with Gasteiger partial charge < -0.3 is 5.11 Å². The van der Waals surface area contributed by atoms with Gasteiger partial charge in [-0.1, -0.05) is 36.4 Å². The zero-order valence-corrected chi connectivity index (χ0v) is 12.0. The molecule has 2 aromatic rings. The maximum atomic E-state index is 11.9. The molecule has 2 atom stereocenters. The van der Waals surface area contributed by atoms with Gasteiger partial charge in [0.05, 0.1) is 11.5 Å². The van der Waals surface area contributed by atoms with Gasteiger partial charge >= 0.3 is 5.97 Å². The minimum absolute atomic E-state index is 0.0743. The number of rotatable bonds is 2. The summed E-state index contributed by atoms with van der Waals surface area (Å²) in [7, 11) is -3.37. The Bertz CT molecular complexity index is 800. The van der Waals surface area contributed by atoms with Crippen molar-refractivity contribution >= 4 is 26.6 Å². The van der Waals surface area contributed by atoms with Crippen LogP contribution in [0.5, 0.6) is 0 Å². The summed E-state index contributed by atoms with van der Waals surface area (Å²) < 4.78 is 23.8. The summed E-state index contributed by atoms with van der Waals surface area (Å²) in [5, 5.41) is 14.1. The molecule has 5 nitrogen and oxygen atoms in total. The Labute approximate surface area is 122 Å². The number of aliphatic carboxylic acids is 1. The molecular formula is C15H15NO4S. The van der Waals surface area contributed by atoms with Crippen molar-refractivity contribution in [2.45, 2.75) is 12.1 Å². The Morgan fingerprint density at radius 2 is 1.81 bits per heavy atom. The Hall–Kier alpha value is -1.92. The number of hydrogen-bond acceptors (Lipinski definition) is 4. The number of nitrogens with one attached hydrogen (secondary N) is 1. The van der Waals surface area contributed by atoms with Crippen LogP contribution in [0.3, 0.4) is 0 Å². The molecule has 1 fully saturated rings. The zero-order chi connectivity index (χ0) is 15.0. The fourth-order valence-corrected chi connectivity index (χ4v) is 4.35. The summed E-state index contributed by atoms with van der Waals surface area (Å²) in [4.78, 5) is 11.1. The Kier molecular flexibility index (Phi) is 3.43. The van der Waals surface area contributed by atoms with Gasteiger partial charge in [-0.3, -0.25) is 10.1 Å². The third kappa shape index (κ3) is 2.91. The Balaban J connectivity index is 1.98. The normalized spacial score (nSPS) is 24.8. The average Bonchev–Trinajstić information content (AvgIpc) is 2.45. The van der Waals surface area contributed by atoms with Gasteiger partial charge in [0.25, 0.3) is 0 Å². The predicted octanol–water partition coefficient (Wildman–Crippen LogP) is 1.35. The first kappa shape index (κ1) is 14.0. The van der Waals surface area contributed by atoms with Crippen LogP contribution in [0.4, 0.5) is 0 Å². The van der Waals surface area contributed by atoms with Gasteiger partial charge in [0.1, 0.15) is 6.04 Å². The number of carboxylic acids is 1. The highest BCUT2D eigenvalue weighted by atomic mass is 32.2. The van der Waals surface area contributed by atoms with Crippen molar-refractivity contribution in [3.63, 3.8) is 0 Å². The molecule has 6 heteroatoms. The van der Waals surface area contributed by atoms with Crippen molar-refractivity contribution in [2.24, 2.45) is 0 Å². The lowest BCUT2D eigenvalue weighted by molar-refractivity contribution is -0.139. The molecule has 2 N–H and O–H groups in total. The van der Waals surface area contributed by atoms with Crippen molar-refractivity contribution in [2.75, 3.05) is 11.5 Å². The van der Waals surface area contributed by atoms with Gasteiger partial charge in [-0.05, 0) is 22.4 Å². The maximum Gasteiger partial charge on any atom is 0.321 e. The number of carbonyl (C=O) groups is 1. The summed E-state index contributed by atoms with van der Waals surface area (Å²) in [6.07, 6.45) is 0. The fraction of sp³-hybridized carbons (Fsp3) is 0.267. The van der Waals surface area contributed by atoms with Gasteiger partial charge in [0.15, 0.2) is 9.84 Å². The molecule has 0 bridgehead atoms. The van der Waals surface area contributed by atoms with Crippen LogP contribution in [0.25, 0.3) is 10.8 Å². The van der Waals surface area contributed by atoms with Crippen LogP contribution in [0.2, 0.25) is 0 Å². The largest absolute Gasteiger partial charge is 0.480 e. The fourth-order valence-electron chi connectivity index (χ4n) is 2.67. The second kappa shape index (κ2) is 5.13. The van der Waals surface area contributed by atoms with E-state index in [0.717, 1.165) is 16.3 Å². The number of hydrogen-bond donors (Lipinski definition) is 2. The van der Waals surface area contributed by atoms with Gasteiger partial charge in [0, 0.05) is 6.04 Å². The SMILES string of the molecule is O=C(O)C1CS(=O)(=O)CC(c2ccc3ccccc3c2)N1. The lowest BCUT2D eigenvalue weighted by Crippen LogP contribution is -2.51. The van der Waals surface area contributed by atoms with E-state index in [2.05, 4.69) is 5.32 Å². The molecule has 1 aliphatic rings. The van der Waals surface area contributed by atoms with Crippen LogP contribution in [-0.4, -0.2) is 37.0 Å². The topological polar surface area (TPSA) is 83.5 Å². The molecule has 2 unspecified atom stereocenters. The first-order valence-corrected chi connectivity index (χ1v) is 8.45. The quantitative estimate of drug-likeness (QED) is 0.875. The molecular weight excluding hydrogens is 290 g/mol. The molecule has 21 heavy (non-hydrogen) atoms. The van der Waals surface area contributed by atoms with Crippen LogP contribution < -0.4 is 5.32 Å². The van der Waals surface area contributed by atoms with E-state index in [9.17, 15) is 13.2 Å². The minimum Gasteiger partial charge on any atom is -0.480 e. The first-order valence-electron chi connectivity index (χ1n) is 6.62. The smallest absolute Gasteiger partial charge is 0.321 e. The maximum absolute atomic E-state index is 11.9. The van der Waals surface area contributed by atoms with Crippen molar-refractivity contribution in [3.05, 3.63) is 48.0 Å². The van der Waals surface area contributed by atoms with Crippen LogP contribution in [0, 0.1) is 0 Å². The van der Waals surface area contributed by atoms with E-state index in [0.29, 0.717) is 0 Å². The Morgan fingerprint density at radius 3 is 2.52 bits per heavy atom. The summed E-state index contributed by atoms with van der Waals surface area (Å²) in [6.45, 7) is 0. The van der Waals surface area contributed by atoms with Crippen LogP contribution >= 0.6 is 0 Å². The van der Waals surface area contributed by atoms with E-state index in [-0.39, 0.29) is 11.5 Å².